The summed E-state index contributed by atoms with van der Waals surface area (Å²) in [6.45, 7) is 0.147. The summed E-state index contributed by atoms with van der Waals surface area (Å²) in [5.74, 6) is 1.99. The lowest BCUT2D eigenvalue weighted by atomic mass is 10.2. The summed E-state index contributed by atoms with van der Waals surface area (Å²) in [4.78, 5) is 16.4. The van der Waals surface area contributed by atoms with E-state index in [0.29, 0.717) is 23.0 Å². The predicted molar refractivity (Wildman–Crippen MR) is 90.5 cm³/mol. The predicted octanol–water partition coefficient (Wildman–Crippen LogP) is 2.68. The van der Waals surface area contributed by atoms with E-state index < -0.39 is 0 Å². The molecule has 1 aromatic heterocycles. The lowest BCUT2D eigenvalue weighted by Gasteiger charge is -2.03. The van der Waals surface area contributed by atoms with Gasteiger partial charge in [-0.3, -0.25) is 4.79 Å². The van der Waals surface area contributed by atoms with Crippen LogP contribution in [0.1, 0.15) is 16.2 Å². The molecule has 0 spiro atoms. The molecule has 7 heteroatoms. The molecule has 1 heterocycles. The van der Waals surface area contributed by atoms with Crippen molar-refractivity contribution >= 4 is 5.91 Å². The van der Waals surface area contributed by atoms with Crippen molar-refractivity contribution in [2.75, 3.05) is 14.2 Å². The fourth-order valence-corrected chi connectivity index (χ4v) is 2.18. The molecule has 3 aromatic rings. The Morgan fingerprint density at radius 1 is 1.00 bits per heavy atom. The van der Waals surface area contributed by atoms with Crippen LogP contribution in [0.15, 0.2) is 53.1 Å². The highest BCUT2D eigenvalue weighted by molar-refractivity contribution is 5.94. The molecule has 0 bridgehead atoms. The second-order valence-corrected chi connectivity index (χ2v) is 5.15. The molecule has 0 atom stereocenters. The van der Waals surface area contributed by atoms with Gasteiger partial charge in [0.2, 0.25) is 11.7 Å². The fourth-order valence-electron chi connectivity index (χ4n) is 2.18. The van der Waals surface area contributed by atoms with E-state index in [0.717, 1.165) is 11.3 Å². The largest absolute Gasteiger partial charge is 0.497 e. The number of hydrogen-bond acceptors (Lipinski definition) is 6. The Bertz CT molecular complexity index is 842. The highest BCUT2D eigenvalue weighted by Gasteiger charge is 2.11. The van der Waals surface area contributed by atoms with E-state index >= 15 is 0 Å². The number of benzene rings is 2. The standard InChI is InChI=1S/C18H17N3O4/c1-23-14-7-3-12(4-8-14)17-20-16(25-21-17)11-19-18(22)13-5-9-15(24-2)10-6-13/h3-10H,11H2,1-2H3,(H,19,22). The van der Waals surface area contributed by atoms with E-state index in [-0.39, 0.29) is 12.5 Å². The number of aromatic nitrogens is 2. The lowest BCUT2D eigenvalue weighted by Crippen LogP contribution is -2.22. The van der Waals surface area contributed by atoms with Crippen LogP contribution in [0.4, 0.5) is 0 Å². The number of ether oxygens (including phenoxy) is 2. The van der Waals surface area contributed by atoms with E-state index in [1.807, 2.05) is 24.3 Å². The Balaban J connectivity index is 1.61. The molecule has 1 amide bonds. The molecule has 128 valence electrons. The van der Waals surface area contributed by atoms with Gasteiger partial charge in [0.05, 0.1) is 20.8 Å². The summed E-state index contributed by atoms with van der Waals surface area (Å²) >= 11 is 0. The quantitative estimate of drug-likeness (QED) is 0.743. The summed E-state index contributed by atoms with van der Waals surface area (Å²) in [6.07, 6.45) is 0. The molecule has 1 N–H and O–H groups in total. The number of nitrogens with one attached hydrogen (secondary N) is 1. The minimum atomic E-state index is -0.230. The monoisotopic (exact) mass is 339 g/mol. The topological polar surface area (TPSA) is 86.5 Å². The zero-order valence-corrected chi connectivity index (χ0v) is 13.9. The number of nitrogens with zero attached hydrogens (tertiary/aromatic N) is 2. The van der Waals surface area contributed by atoms with Gasteiger partial charge in [-0.2, -0.15) is 4.98 Å². The highest BCUT2D eigenvalue weighted by atomic mass is 16.5. The first-order valence-corrected chi connectivity index (χ1v) is 7.59. The minimum Gasteiger partial charge on any atom is -0.497 e. The molecule has 0 aliphatic rings. The molecule has 0 fully saturated rings. The van der Waals surface area contributed by atoms with Gasteiger partial charge < -0.3 is 19.3 Å². The minimum absolute atomic E-state index is 0.147. The maximum Gasteiger partial charge on any atom is 0.251 e. The molecule has 0 aliphatic carbocycles. The second kappa shape index (κ2) is 7.48. The van der Waals surface area contributed by atoms with Crippen LogP contribution in [0, 0.1) is 0 Å². The van der Waals surface area contributed by atoms with Crippen LogP contribution in [0.25, 0.3) is 11.4 Å². The first kappa shape index (κ1) is 16.5. The molecule has 2 aromatic carbocycles. The van der Waals surface area contributed by atoms with Crippen LogP contribution in [0.3, 0.4) is 0 Å². The van der Waals surface area contributed by atoms with Crippen molar-refractivity contribution < 1.29 is 18.8 Å². The van der Waals surface area contributed by atoms with Crippen LogP contribution < -0.4 is 14.8 Å². The molecular formula is C18H17N3O4. The average molecular weight is 339 g/mol. The Morgan fingerprint density at radius 3 is 2.20 bits per heavy atom. The van der Waals surface area contributed by atoms with E-state index in [1.54, 1.807) is 38.5 Å². The zero-order valence-electron chi connectivity index (χ0n) is 13.9. The van der Waals surface area contributed by atoms with E-state index in [4.69, 9.17) is 14.0 Å². The van der Waals surface area contributed by atoms with E-state index in [2.05, 4.69) is 15.5 Å². The Morgan fingerprint density at radius 2 is 1.60 bits per heavy atom. The molecule has 0 aliphatic heterocycles. The van der Waals surface area contributed by atoms with Crippen LogP contribution in [0.5, 0.6) is 11.5 Å². The van der Waals surface area contributed by atoms with Crippen molar-refractivity contribution in [3.8, 4) is 22.9 Å². The van der Waals surface area contributed by atoms with Crippen LogP contribution in [0.2, 0.25) is 0 Å². The number of carbonyl (C=O) groups is 1. The van der Waals surface area contributed by atoms with Crippen molar-refractivity contribution in [2.45, 2.75) is 6.54 Å². The maximum absolute atomic E-state index is 12.1. The molecule has 0 radical (unpaired) electrons. The van der Waals surface area contributed by atoms with Gasteiger partial charge in [0.15, 0.2) is 0 Å². The van der Waals surface area contributed by atoms with E-state index in [1.165, 1.54) is 0 Å². The van der Waals surface area contributed by atoms with Gasteiger partial charge in [-0.1, -0.05) is 5.16 Å². The number of methoxy groups -OCH3 is 2. The normalized spacial score (nSPS) is 10.3. The Labute approximate surface area is 144 Å². The SMILES string of the molecule is COc1ccc(C(=O)NCc2nc(-c3ccc(OC)cc3)no2)cc1. The third-order valence-electron chi connectivity index (χ3n) is 3.57. The first-order chi connectivity index (χ1) is 12.2. The summed E-state index contributed by atoms with van der Waals surface area (Å²) in [7, 11) is 3.18. The molecular weight excluding hydrogens is 322 g/mol. The van der Waals surface area contributed by atoms with Crippen LogP contribution >= 0.6 is 0 Å². The summed E-state index contributed by atoms with van der Waals surface area (Å²) in [6, 6.07) is 14.1. The lowest BCUT2D eigenvalue weighted by molar-refractivity contribution is 0.0946. The van der Waals surface area contributed by atoms with Gasteiger partial charge in [0.1, 0.15) is 11.5 Å². The summed E-state index contributed by atoms with van der Waals surface area (Å²) in [5.41, 5.74) is 1.33. The number of hydrogen-bond donors (Lipinski definition) is 1. The van der Waals surface area contributed by atoms with Gasteiger partial charge in [-0.15, -0.1) is 0 Å². The van der Waals surface area contributed by atoms with Gasteiger partial charge in [-0.05, 0) is 48.5 Å². The molecule has 0 saturated carbocycles. The maximum atomic E-state index is 12.1. The van der Waals surface area contributed by atoms with Gasteiger partial charge in [0, 0.05) is 11.1 Å². The zero-order chi connectivity index (χ0) is 17.6. The van der Waals surface area contributed by atoms with Gasteiger partial charge in [0.25, 0.3) is 5.91 Å². The third kappa shape index (κ3) is 3.95. The number of rotatable bonds is 6. The number of amides is 1. The van der Waals surface area contributed by atoms with Gasteiger partial charge in [-0.25, -0.2) is 0 Å². The van der Waals surface area contributed by atoms with E-state index in [9.17, 15) is 4.79 Å². The third-order valence-corrected chi connectivity index (χ3v) is 3.57. The fraction of sp³-hybridized carbons (Fsp3) is 0.167. The van der Waals surface area contributed by atoms with Crippen molar-refractivity contribution in [3.05, 3.63) is 60.0 Å². The highest BCUT2D eigenvalue weighted by Crippen LogP contribution is 2.19. The van der Waals surface area contributed by atoms with Crippen molar-refractivity contribution in [1.29, 1.82) is 0 Å². The van der Waals surface area contributed by atoms with Crippen LogP contribution in [-0.4, -0.2) is 30.3 Å². The summed E-state index contributed by atoms with van der Waals surface area (Å²) in [5, 5.41) is 6.66. The van der Waals surface area contributed by atoms with Crippen molar-refractivity contribution in [2.24, 2.45) is 0 Å². The van der Waals surface area contributed by atoms with Crippen molar-refractivity contribution in [1.82, 2.24) is 15.5 Å². The van der Waals surface area contributed by atoms with Gasteiger partial charge >= 0.3 is 0 Å². The van der Waals surface area contributed by atoms with Crippen molar-refractivity contribution in [3.63, 3.8) is 0 Å². The second-order valence-electron chi connectivity index (χ2n) is 5.15. The molecule has 0 saturated heterocycles. The smallest absolute Gasteiger partial charge is 0.251 e. The molecule has 7 nitrogen and oxygen atoms in total. The average Bonchev–Trinajstić information content (AvgIpc) is 3.15. The summed E-state index contributed by atoms with van der Waals surface area (Å²) < 4.78 is 15.3. The molecule has 3 rings (SSSR count). The van der Waals surface area contributed by atoms with Crippen LogP contribution in [-0.2, 0) is 6.54 Å². The Hall–Kier alpha value is -3.35. The molecule has 25 heavy (non-hydrogen) atoms. The first-order valence-electron chi connectivity index (χ1n) is 7.59. The molecule has 0 unspecified atom stereocenters. The number of carbonyl (C=O) groups excluding carboxylic acids is 1. The Kier molecular flexibility index (Phi) is 4.94.